The van der Waals surface area contributed by atoms with Crippen LogP contribution in [0.3, 0.4) is 0 Å². The van der Waals surface area contributed by atoms with Crippen LogP contribution in [0.5, 0.6) is 5.88 Å². The number of ether oxygens (including phenoxy) is 1. The second-order valence-corrected chi connectivity index (χ2v) is 17.4. The van der Waals surface area contributed by atoms with Gasteiger partial charge in [0, 0.05) is 6.10 Å². The van der Waals surface area contributed by atoms with E-state index in [9.17, 15) is 0 Å². The first-order chi connectivity index (χ1) is 20.9. The van der Waals surface area contributed by atoms with E-state index < -0.39 is 8.32 Å². The summed E-state index contributed by atoms with van der Waals surface area (Å²) in [5.74, 6) is 0.628. The predicted octanol–water partition coefficient (Wildman–Crippen LogP) is 11.7. The molecule has 0 spiro atoms. The van der Waals surface area contributed by atoms with Crippen molar-refractivity contribution in [2.45, 2.75) is 149 Å². The summed E-state index contributed by atoms with van der Waals surface area (Å²) in [6, 6.07) is 16.7. The molecular weight excluding hydrogens is 545 g/mol. The third kappa shape index (κ3) is 13.9. The molecular formula is C38H60N2O2Si. The van der Waals surface area contributed by atoms with Crippen LogP contribution in [-0.4, -0.2) is 31.0 Å². The Morgan fingerprint density at radius 1 is 0.698 bits per heavy atom. The average molecular weight is 605 g/mol. The maximum Gasteiger partial charge on any atom is 0.232 e. The van der Waals surface area contributed by atoms with E-state index >= 15 is 0 Å². The summed E-state index contributed by atoms with van der Waals surface area (Å²) in [4.78, 5) is 9.35. The number of fused-ring (bicyclic) bond motifs is 1. The minimum Gasteiger partial charge on any atom is -0.477 e. The maximum atomic E-state index is 6.45. The number of aryl methyl sites for hydroxylation is 1. The highest BCUT2D eigenvalue weighted by Gasteiger charge is 2.23. The predicted molar refractivity (Wildman–Crippen MR) is 188 cm³/mol. The molecule has 3 rings (SSSR count). The van der Waals surface area contributed by atoms with Crippen molar-refractivity contribution in [2.75, 3.05) is 6.61 Å². The molecule has 0 bridgehead atoms. The van der Waals surface area contributed by atoms with E-state index in [1.807, 2.05) is 0 Å². The van der Waals surface area contributed by atoms with E-state index in [1.165, 1.54) is 113 Å². The highest BCUT2D eigenvalue weighted by Crippen LogP contribution is 2.25. The molecule has 4 nitrogen and oxygen atoms in total. The summed E-state index contributed by atoms with van der Waals surface area (Å²) in [6.45, 7) is 12.3. The van der Waals surface area contributed by atoms with E-state index in [-0.39, 0.29) is 0 Å². The molecule has 1 heterocycles. The standard InChI is InChI=1S/C38H60N2O2Si/c1-6-8-10-11-12-13-16-19-28-41-38-31-39-37-30-35(26-27-36(37)40-38)34-24-22-33(23-25-34)21-18-15-14-17-20-32(3)42-43(4,5)29-9-7-2/h22-27,30-32H,6-21,28-29H2,1-5H3. The first kappa shape index (κ1) is 35.2. The van der Waals surface area contributed by atoms with Crippen molar-refractivity contribution in [3.05, 3.63) is 54.2 Å². The Kier molecular flexibility index (Phi) is 16.3. The van der Waals surface area contributed by atoms with Gasteiger partial charge in [-0.15, -0.1) is 0 Å². The van der Waals surface area contributed by atoms with Crippen molar-refractivity contribution >= 4 is 19.4 Å². The van der Waals surface area contributed by atoms with Crippen LogP contribution in [0.4, 0.5) is 0 Å². The Balaban J connectivity index is 1.34. The minimum absolute atomic E-state index is 0.409. The monoisotopic (exact) mass is 604 g/mol. The van der Waals surface area contributed by atoms with Gasteiger partial charge in [0.2, 0.25) is 5.88 Å². The maximum absolute atomic E-state index is 6.45. The lowest BCUT2D eigenvalue weighted by atomic mass is 10.0. The summed E-state index contributed by atoms with van der Waals surface area (Å²) >= 11 is 0. The highest BCUT2D eigenvalue weighted by molar-refractivity contribution is 6.71. The van der Waals surface area contributed by atoms with Gasteiger partial charge in [0.15, 0.2) is 8.32 Å². The Bertz CT molecular complexity index is 1160. The molecule has 3 aromatic rings. The Labute approximate surface area is 264 Å². The number of aromatic nitrogens is 2. The molecule has 0 saturated heterocycles. The van der Waals surface area contributed by atoms with Crippen LogP contribution in [0.25, 0.3) is 22.2 Å². The Morgan fingerprint density at radius 3 is 2.09 bits per heavy atom. The van der Waals surface area contributed by atoms with Gasteiger partial charge >= 0.3 is 0 Å². The number of hydrogen-bond donors (Lipinski definition) is 0. The Morgan fingerprint density at radius 2 is 1.35 bits per heavy atom. The molecule has 1 atom stereocenters. The molecule has 0 radical (unpaired) electrons. The summed E-state index contributed by atoms with van der Waals surface area (Å²) in [7, 11) is -1.48. The zero-order valence-corrected chi connectivity index (χ0v) is 29.1. The van der Waals surface area contributed by atoms with Gasteiger partial charge in [0.25, 0.3) is 0 Å². The molecule has 0 fully saturated rings. The quantitative estimate of drug-likeness (QED) is 0.0797. The molecule has 0 aliphatic rings. The number of hydrogen-bond acceptors (Lipinski definition) is 4. The molecule has 238 valence electrons. The fourth-order valence-corrected chi connectivity index (χ4v) is 8.43. The first-order valence-electron chi connectivity index (χ1n) is 17.6. The normalized spacial score (nSPS) is 12.6. The smallest absolute Gasteiger partial charge is 0.232 e. The third-order valence-electron chi connectivity index (χ3n) is 8.53. The highest BCUT2D eigenvalue weighted by atomic mass is 28.4. The summed E-state index contributed by atoms with van der Waals surface area (Å²) in [5.41, 5.74) is 5.62. The number of unbranched alkanes of at least 4 members (excludes halogenated alkanes) is 11. The van der Waals surface area contributed by atoms with Gasteiger partial charge in [-0.25, -0.2) is 9.97 Å². The summed E-state index contributed by atoms with van der Waals surface area (Å²) < 4.78 is 12.4. The summed E-state index contributed by atoms with van der Waals surface area (Å²) in [6.07, 6.45) is 22.6. The molecule has 43 heavy (non-hydrogen) atoms. The van der Waals surface area contributed by atoms with Crippen molar-refractivity contribution in [3.8, 4) is 17.0 Å². The summed E-state index contributed by atoms with van der Waals surface area (Å²) in [5, 5.41) is 0. The average Bonchev–Trinajstić information content (AvgIpc) is 3.00. The van der Waals surface area contributed by atoms with Crippen molar-refractivity contribution in [3.63, 3.8) is 0 Å². The zero-order valence-electron chi connectivity index (χ0n) is 28.1. The first-order valence-corrected chi connectivity index (χ1v) is 20.7. The molecule has 0 saturated carbocycles. The van der Waals surface area contributed by atoms with Gasteiger partial charge in [0.05, 0.1) is 23.8 Å². The number of nitrogens with zero attached hydrogens (tertiary/aromatic N) is 2. The van der Waals surface area contributed by atoms with E-state index in [0.29, 0.717) is 18.6 Å². The molecule has 0 amide bonds. The van der Waals surface area contributed by atoms with Crippen molar-refractivity contribution in [2.24, 2.45) is 0 Å². The largest absolute Gasteiger partial charge is 0.477 e. The van der Waals surface area contributed by atoms with Gasteiger partial charge in [-0.05, 0) is 80.6 Å². The van der Waals surface area contributed by atoms with E-state index in [2.05, 4.69) is 81.3 Å². The lowest BCUT2D eigenvalue weighted by molar-refractivity contribution is 0.195. The molecule has 0 aliphatic carbocycles. The van der Waals surface area contributed by atoms with Crippen molar-refractivity contribution in [1.29, 1.82) is 0 Å². The van der Waals surface area contributed by atoms with Crippen molar-refractivity contribution in [1.82, 2.24) is 9.97 Å². The van der Waals surface area contributed by atoms with Gasteiger partial charge in [-0.1, -0.05) is 121 Å². The molecule has 2 aromatic carbocycles. The van der Waals surface area contributed by atoms with Crippen LogP contribution in [0.1, 0.15) is 123 Å². The molecule has 0 N–H and O–H groups in total. The van der Waals surface area contributed by atoms with Gasteiger partial charge in [0.1, 0.15) is 0 Å². The van der Waals surface area contributed by atoms with Crippen LogP contribution in [0.15, 0.2) is 48.7 Å². The fourth-order valence-electron chi connectivity index (χ4n) is 5.90. The van der Waals surface area contributed by atoms with Crippen LogP contribution >= 0.6 is 0 Å². The van der Waals surface area contributed by atoms with E-state index in [0.717, 1.165) is 23.9 Å². The second kappa shape index (κ2) is 19.9. The lowest BCUT2D eigenvalue weighted by Crippen LogP contribution is -2.34. The number of rotatable bonds is 23. The molecule has 1 unspecified atom stereocenters. The van der Waals surface area contributed by atoms with Crippen LogP contribution in [-0.2, 0) is 10.8 Å². The van der Waals surface area contributed by atoms with Gasteiger partial charge in [-0.3, -0.25) is 0 Å². The molecule has 1 aromatic heterocycles. The lowest BCUT2D eigenvalue weighted by Gasteiger charge is -2.27. The SMILES string of the molecule is CCCCCCCCCCOc1cnc2cc(-c3ccc(CCCCCCC(C)O[Si](C)(C)CCCC)cc3)ccc2n1. The fraction of sp³-hybridized carbons (Fsp3) is 0.632. The van der Waals surface area contributed by atoms with Crippen molar-refractivity contribution < 1.29 is 9.16 Å². The Hall–Kier alpha value is -2.24. The molecule has 5 heteroatoms. The van der Waals surface area contributed by atoms with Crippen LogP contribution < -0.4 is 4.74 Å². The third-order valence-corrected chi connectivity index (χ3v) is 11.1. The van der Waals surface area contributed by atoms with E-state index in [4.69, 9.17) is 14.1 Å². The minimum atomic E-state index is -1.48. The van der Waals surface area contributed by atoms with Crippen LogP contribution in [0, 0.1) is 0 Å². The second-order valence-electron chi connectivity index (χ2n) is 13.2. The van der Waals surface area contributed by atoms with Gasteiger partial charge < -0.3 is 9.16 Å². The van der Waals surface area contributed by atoms with E-state index in [1.54, 1.807) is 6.20 Å². The van der Waals surface area contributed by atoms with Crippen LogP contribution in [0.2, 0.25) is 19.1 Å². The topological polar surface area (TPSA) is 44.2 Å². The number of benzene rings is 2. The zero-order chi connectivity index (χ0) is 30.8. The molecule has 0 aliphatic heterocycles. The van der Waals surface area contributed by atoms with Gasteiger partial charge in [-0.2, -0.15) is 0 Å².